The second-order valence-corrected chi connectivity index (χ2v) is 7.01. The monoisotopic (exact) mass is 420 g/mol. The van der Waals surface area contributed by atoms with Gasteiger partial charge in [-0.05, 0) is 42.0 Å². The Morgan fingerprint density at radius 2 is 1.87 bits per heavy atom. The van der Waals surface area contributed by atoms with Gasteiger partial charge in [0.2, 0.25) is 0 Å². The van der Waals surface area contributed by atoms with Gasteiger partial charge in [0.25, 0.3) is 0 Å². The molecule has 0 bridgehead atoms. The highest BCUT2D eigenvalue weighted by Gasteiger charge is 2.13. The van der Waals surface area contributed by atoms with Gasteiger partial charge in [-0.1, -0.05) is 6.07 Å². The predicted molar refractivity (Wildman–Crippen MR) is 114 cm³/mol. The molecule has 2 aromatic carbocycles. The number of nitrogens with zero attached hydrogens (tertiary/aromatic N) is 2. The Hall–Kier alpha value is -4.07. The van der Waals surface area contributed by atoms with Crippen LogP contribution in [0, 0.1) is 0 Å². The maximum atomic E-state index is 11.8. The van der Waals surface area contributed by atoms with E-state index in [0.717, 1.165) is 5.56 Å². The van der Waals surface area contributed by atoms with Gasteiger partial charge in [-0.3, -0.25) is 4.79 Å². The van der Waals surface area contributed by atoms with Crippen LogP contribution in [0.1, 0.15) is 5.56 Å². The predicted octanol–water partition coefficient (Wildman–Crippen LogP) is 3.94. The maximum Gasteiger partial charge on any atom is 0.414 e. The van der Waals surface area contributed by atoms with Gasteiger partial charge in [-0.25, -0.2) is 9.78 Å². The lowest BCUT2D eigenvalue weighted by atomic mass is 10.2. The average molecular weight is 420 g/mol. The third-order valence-corrected chi connectivity index (χ3v) is 4.52. The lowest BCUT2D eigenvalue weighted by molar-refractivity contribution is 0.170. The SMILES string of the molecule is COc1cc(COc2ccc3nc4ccc(=O)cc-4oc3c2)ccc1OC(=O)N(C)C. The molecule has 31 heavy (non-hydrogen) atoms. The Kier molecular flexibility index (Phi) is 5.44. The summed E-state index contributed by atoms with van der Waals surface area (Å²) < 4.78 is 22.3. The summed E-state index contributed by atoms with van der Waals surface area (Å²) >= 11 is 0. The number of aromatic nitrogens is 1. The Morgan fingerprint density at radius 3 is 2.65 bits per heavy atom. The Labute approximate surface area is 177 Å². The molecule has 8 heteroatoms. The molecule has 4 rings (SSSR count). The van der Waals surface area contributed by atoms with Gasteiger partial charge in [0.05, 0.1) is 7.11 Å². The van der Waals surface area contributed by atoms with Gasteiger partial charge < -0.3 is 23.5 Å². The number of methoxy groups -OCH3 is 1. The summed E-state index contributed by atoms with van der Waals surface area (Å²) in [6.07, 6.45) is -0.493. The highest BCUT2D eigenvalue weighted by molar-refractivity contribution is 5.77. The van der Waals surface area contributed by atoms with Crippen molar-refractivity contribution < 1.29 is 23.4 Å². The number of hydrogen-bond donors (Lipinski definition) is 0. The molecule has 1 aliphatic carbocycles. The van der Waals surface area contributed by atoms with E-state index in [0.29, 0.717) is 39.8 Å². The van der Waals surface area contributed by atoms with E-state index in [9.17, 15) is 9.59 Å². The van der Waals surface area contributed by atoms with Crippen molar-refractivity contribution in [3.63, 3.8) is 0 Å². The standard InChI is InChI=1S/C23H20N2O6/c1-25(2)23(27)31-19-9-4-14(10-22(19)28-3)13-29-16-6-8-18-21(12-16)30-20-11-15(26)5-7-17(20)24-18/h4-12H,13H2,1-3H3. The Balaban J connectivity index is 1.53. The van der Waals surface area contributed by atoms with Crippen LogP contribution in [0.3, 0.4) is 0 Å². The van der Waals surface area contributed by atoms with Crippen LogP contribution in [-0.4, -0.2) is 37.2 Å². The third kappa shape index (κ3) is 4.42. The van der Waals surface area contributed by atoms with Crippen molar-refractivity contribution in [3.8, 4) is 28.7 Å². The fourth-order valence-electron chi connectivity index (χ4n) is 2.91. The molecule has 2 aliphatic rings. The molecule has 0 spiro atoms. The third-order valence-electron chi connectivity index (χ3n) is 4.52. The summed E-state index contributed by atoms with van der Waals surface area (Å²) in [4.78, 5) is 29.2. The van der Waals surface area contributed by atoms with Gasteiger partial charge >= 0.3 is 6.09 Å². The number of hydrogen-bond acceptors (Lipinski definition) is 7. The second-order valence-electron chi connectivity index (χ2n) is 7.01. The molecule has 0 saturated carbocycles. The first-order valence-electron chi connectivity index (χ1n) is 9.46. The van der Waals surface area contributed by atoms with E-state index in [1.165, 1.54) is 24.1 Å². The van der Waals surface area contributed by atoms with Crippen LogP contribution in [0.2, 0.25) is 0 Å². The fourth-order valence-corrected chi connectivity index (χ4v) is 2.91. The summed E-state index contributed by atoms with van der Waals surface area (Å²) in [5.74, 6) is 1.75. The van der Waals surface area contributed by atoms with E-state index >= 15 is 0 Å². The molecular formula is C23H20N2O6. The van der Waals surface area contributed by atoms with Crippen molar-refractivity contribution in [2.24, 2.45) is 0 Å². The first kappa shape index (κ1) is 20.2. The van der Waals surface area contributed by atoms with E-state index in [1.54, 1.807) is 56.6 Å². The number of carbonyl (C=O) groups is 1. The molecule has 1 heterocycles. The lowest BCUT2D eigenvalue weighted by Gasteiger charge is -2.14. The molecule has 8 nitrogen and oxygen atoms in total. The zero-order valence-corrected chi connectivity index (χ0v) is 17.2. The molecule has 0 aromatic heterocycles. The number of ether oxygens (including phenoxy) is 3. The number of benzene rings is 3. The summed E-state index contributed by atoms with van der Waals surface area (Å²) in [5.41, 5.74) is 2.47. The minimum absolute atomic E-state index is 0.140. The van der Waals surface area contributed by atoms with Crippen molar-refractivity contribution >= 4 is 17.2 Å². The van der Waals surface area contributed by atoms with Crippen LogP contribution in [0.15, 0.2) is 63.8 Å². The van der Waals surface area contributed by atoms with Crippen molar-refractivity contribution in [3.05, 3.63) is 70.4 Å². The van der Waals surface area contributed by atoms with Crippen LogP contribution >= 0.6 is 0 Å². The minimum atomic E-state index is -0.493. The van der Waals surface area contributed by atoms with E-state index < -0.39 is 6.09 Å². The van der Waals surface area contributed by atoms with Crippen LogP contribution in [0.4, 0.5) is 4.79 Å². The van der Waals surface area contributed by atoms with Gasteiger partial charge in [0.15, 0.2) is 28.3 Å². The molecule has 0 N–H and O–H groups in total. The van der Waals surface area contributed by atoms with Gasteiger partial charge in [0.1, 0.15) is 23.6 Å². The largest absolute Gasteiger partial charge is 0.493 e. The van der Waals surface area contributed by atoms with Crippen molar-refractivity contribution in [2.45, 2.75) is 6.61 Å². The second kappa shape index (κ2) is 8.35. The number of carbonyl (C=O) groups excluding carboxylic acids is 1. The zero-order valence-electron chi connectivity index (χ0n) is 17.2. The number of amides is 1. The summed E-state index contributed by atoms with van der Waals surface area (Å²) in [7, 11) is 4.71. The molecule has 0 saturated heterocycles. The van der Waals surface area contributed by atoms with Crippen LogP contribution < -0.4 is 19.6 Å². The maximum absolute atomic E-state index is 11.8. The summed E-state index contributed by atoms with van der Waals surface area (Å²) in [6, 6.07) is 15.0. The first-order valence-corrected chi connectivity index (χ1v) is 9.46. The average Bonchev–Trinajstić information content (AvgIpc) is 2.76. The summed E-state index contributed by atoms with van der Waals surface area (Å²) in [5, 5.41) is 0. The van der Waals surface area contributed by atoms with Gasteiger partial charge in [0, 0.05) is 26.2 Å². The van der Waals surface area contributed by atoms with Crippen LogP contribution in [0.25, 0.3) is 22.6 Å². The molecule has 0 fully saturated rings. The minimum Gasteiger partial charge on any atom is -0.493 e. The van der Waals surface area contributed by atoms with E-state index in [2.05, 4.69) is 4.98 Å². The van der Waals surface area contributed by atoms with Crippen LogP contribution in [0.5, 0.6) is 17.2 Å². The van der Waals surface area contributed by atoms with Crippen molar-refractivity contribution in [2.75, 3.05) is 21.2 Å². The molecule has 1 aliphatic heterocycles. The molecule has 0 atom stereocenters. The van der Waals surface area contributed by atoms with E-state index in [1.807, 2.05) is 0 Å². The van der Waals surface area contributed by atoms with E-state index in [-0.39, 0.29) is 12.0 Å². The fraction of sp³-hybridized carbons (Fsp3) is 0.174. The Bertz CT molecular complexity index is 1280. The van der Waals surface area contributed by atoms with Crippen LogP contribution in [-0.2, 0) is 6.61 Å². The first-order chi connectivity index (χ1) is 14.9. The molecule has 0 radical (unpaired) electrons. The lowest BCUT2D eigenvalue weighted by Crippen LogP contribution is -2.25. The molecule has 1 amide bonds. The highest BCUT2D eigenvalue weighted by Crippen LogP contribution is 2.30. The smallest absolute Gasteiger partial charge is 0.414 e. The molecule has 2 aromatic rings. The highest BCUT2D eigenvalue weighted by atomic mass is 16.6. The topological polar surface area (TPSA) is 91.1 Å². The van der Waals surface area contributed by atoms with Crippen molar-refractivity contribution in [1.82, 2.24) is 9.88 Å². The molecule has 158 valence electrons. The number of rotatable bonds is 5. The number of fused-ring (bicyclic) bond motifs is 2. The summed E-state index contributed by atoms with van der Waals surface area (Å²) in [6.45, 7) is 0.259. The zero-order chi connectivity index (χ0) is 22.0. The molecule has 0 unspecified atom stereocenters. The van der Waals surface area contributed by atoms with E-state index in [4.69, 9.17) is 18.6 Å². The normalized spacial score (nSPS) is 10.8. The molecular weight excluding hydrogens is 400 g/mol. The van der Waals surface area contributed by atoms with Gasteiger partial charge in [-0.15, -0.1) is 0 Å². The Morgan fingerprint density at radius 1 is 1.03 bits per heavy atom. The van der Waals surface area contributed by atoms with Gasteiger partial charge in [-0.2, -0.15) is 0 Å². The van der Waals surface area contributed by atoms with Crippen molar-refractivity contribution in [1.29, 1.82) is 0 Å². The quantitative estimate of drug-likeness (QED) is 0.452.